The topological polar surface area (TPSA) is 110 Å². The standard InChI is InChI=1S/C17H17Cl2N3O4S/c1-10(17(24)21-14-6-4-3-5-12(14)16(20)23)22(27(2,25)26)15-9-11(18)7-8-13(15)19/h3-10H,1-2H3,(H2,20,23)(H,21,24). The van der Waals surface area contributed by atoms with Crippen molar-refractivity contribution in [1.82, 2.24) is 0 Å². The van der Waals surface area contributed by atoms with Gasteiger partial charge in [-0.25, -0.2) is 8.42 Å². The number of carbonyl (C=O) groups is 2. The van der Waals surface area contributed by atoms with Crippen LogP contribution in [0.25, 0.3) is 0 Å². The summed E-state index contributed by atoms with van der Waals surface area (Å²) in [6, 6.07) is 9.24. The van der Waals surface area contributed by atoms with Gasteiger partial charge < -0.3 is 11.1 Å². The Morgan fingerprint density at radius 3 is 2.37 bits per heavy atom. The number of nitrogens with two attached hydrogens (primary N) is 1. The van der Waals surface area contributed by atoms with Gasteiger partial charge in [0.1, 0.15) is 6.04 Å². The number of nitrogens with one attached hydrogen (secondary N) is 1. The van der Waals surface area contributed by atoms with Crippen LogP contribution in [0.1, 0.15) is 17.3 Å². The SMILES string of the molecule is CC(C(=O)Nc1ccccc1C(N)=O)N(c1cc(Cl)ccc1Cl)S(C)(=O)=O. The Morgan fingerprint density at radius 2 is 1.78 bits per heavy atom. The summed E-state index contributed by atoms with van der Waals surface area (Å²) < 4.78 is 25.5. The van der Waals surface area contributed by atoms with E-state index in [1.54, 1.807) is 12.1 Å². The summed E-state index contributed by atoms with van der Waals surface area (Å²) >= 11 is 12.1. The molecule has 0 aliphatic carbocycles. The molecule has 0 spiro atoms. The first-order chi connectivity index (χ1) is 12.5. The summed E-state index contributed by atoms with van der Waals surface area (Å²) in [6.07, 6.45) is 0.950. The molecule has 0 aliphatic heterocycles. The Bertz CT molecular complexity index is 995. The second-order valence-corrected chi connectivity index (χ2v) is 8.43. The van der Waals surface area contributed by atoms with Gasteiger partial charge in [-0.1, -0.05) is 35.3 Å². The maximum atomic E-state index is 12.7. The molecule has 2 aromatic rings. The van der Waals surface area contributed by atoms with Crippen molar-refractivity contribution in [2.24, 2.45) is 5.73 Å². The average molecular weight is 430 g/mol. The van der Waals surface area contributed by atoms with Gasteiger partial charge >= 0.3 is 0 Å². The zero-order valence-corrected chi connectivity index (χ0v) is 16.8. The van der Waals surface area contributed by atoms with Crippen LogP contribution in [-0.4, -0.2) is 32.5 Å². The van der Waals surface area contributed by atoms with Crippen LogP contribution in [0.5, 0.6) is 0 Å². The molecule has 2 rings (SSSR count). The van der Waals surface area contributed by atoms with Crippen molar-refractivity contribution in [1.29, 1.82) is 0 Å². The van der Waals surface area contributed by atoms with Gasteiger partial charge in [-0.2, -0.15) is 0 Å². The zero-order valence-electron chi connectivity index (χ0n) is 14.4. The minimum Gasteiger partial charge on any atom is -0.366 e. The van der Waals surface area contributed by atoms with Crippen LogP contribution in [0.2, 0.25) is 10.0 Å². The number of amides is 2. The van der Waals surface area contributed by atoms with Crippen molar-refractivity contribution >= 4 is 56.4 Å². The first kappa shape index (κ1) is 21.0. The van der Waals surface area contributed by atoms with Crippen LogP contribution >= 0.6 is 23.2 Å². The summed E-state index contributed by atoms with van der Waals surface area (Å²) in [7, 11) is -3.88. The second kappa shape index (κ2) is 8.16. The van der Waals surface area contributed by atoms with Crippen molar-refractivity contribution < 1.29 is 18.0 Å². The summed E-state index contributed by atoms with van der Waals surface area (Å²) in [5.74, 6) is -1.40. The molecule has 0 fully saturated rings. The zero-order chi connectivity index (χ0) is 20.4. The highest BCUT2D eigenvalue weighted by molar-refractivity contribution is 7.92. The van der Waals surface area contributed by atoms with E-state index in [-0.39, 0.29) is 27.0 Å². The number of primary amides is 1. The molecule has 1 atom stereocenters. The summed E-state index contributed by atoms with van der Waals surface area (Å²) in [5.41, 5.74) is 5.64. The third-order valence-corrected chi connectivity index (χ3v) is 5.47. The second-order valence-electron chi connectivity index (χ2n) is 5.73. The molecule has 0 aromatic heterocycles. The van der Waals surface area contributed by atoms with E-state index in [0.717, 1.165) is 10.6 Å². The smallest absolute Gasteiger partial charge is 0.250 e. The molecule has 1 unspecified atom stereocenters. The maximum absolute atomic E-state index is 12.7. The Hall–Kier alpha value is -2.29. The molecule has 2 amide bonds. The van der Waals surface area contributed by atoms with Crippen molar-refractivity contribution in [3.05, 3.63) is 58.1 Å². The van der Waals surface area contributed by atoms with E-state index < -0.39 is 27.9 Å². The number of hydrogen-bond acceptors (Lipinski definition) is 4. The summed E-state index contributed by atoms with van der Waals surface area (Å²) in [5, 5.41) is 2.90. The van der Waals surface area contributed by atoms with E-state index in [0.29, 0.717) is 0 Å². The number of nitrogens with zero attached hydrogens (tertiary/aromatic N) is 1. The minimum absolute atomic E-state index is 0.0671. The fourth-order valence-corrected chi connectivity index (χ4v) is 4.08. The third kappa shape index (κ3) is 4.91. The fourth-order valence-electron chi connectivity index (χ4n) is 2.48. The van der Waals surface area contributed by atoms with Crippen molar-refractivity contribution in [3.8, 4) is 0 Å². The van der Waals surface area contributed by atoms with Gasteiger partial charge in [-0.3, -0.25) is 13.9 Å². The van der Waals surface area contributed by atoms with Gasteiger partial charge in [-0.15, -0.1) is 0 Å². The molecule has 0 saturated carbocycles. The molecule has 10 heteroatoms. The molecule has 144 valence electrons. The van der Waals surface area contributed by atoms with Gasteiger partial charge in [0.15, 0.2) is 0 Å². The molecule has 2 aromatic carbocycles. The third-order valence-electron chi connectivity index (χ3n) is 3.68. The molecule has 0 saturated heterocycles. The molecule has 0 heterocycles. The first-order valence-electron chi connectivity index (χ1n) is 7.66. The summed E-state index contributed by atoms with van der Waals surface area (Å²) in [4.78, 5) is 24.2. The lowest BCUT2D eigenvalue weighted by Gasteiger charge is -2.29. The van der Waals surface area contributed by atoms with Crippen LogP contribution < -0.4 is 15.4 Å². The number of carbonyl (C=O) groups excluding carboxylic acids is 2. The number of anilines is 2. The monoisotopic (exact) mass is 429 g/mol. The van der Waals surface area contributed by atoms with Crippen molar-refractivity contribution in [2.45, 2.75) is 13.0 Å². The maximum Gasteiger partial charge on any atom is 0.250 e. The predicted molar refractivity (Wildman–Crippen MR) is 107 cm³/mol. The van der Waals surface area contributed by atoms with E-state index in [1.165, 1.54) is 37.3 Å². The molecule has 7 nitrogen and oxygen atoms in total. The highest BCUT2D eigenvalue weighted by atomic mass is 35.5. The van der Waals surface area contributed by atoms with E-state index in [1.807, 2.05) is 0 Å². The Morgan fingerprint density at radius 1 is 1.15 bits per heavy atom. The van der Waals surface area contributed by atoms with Crippen LogP contribution in [0.4, 0.5) is 11.4 Å². The number of rotatable bonds is 6. The van der Waals surface area contributed by atoms with E-state index in [2.05, 4.69) is 5.32 Å². The lowest BCUT2D eigenvalue weighted by molar-refractivity contribution is -0.116. The van der Waals surface area contributed by atoms with Crippen molar-refractivity contribution in [2.75, 3.05) is 15.9 Å². The van der Waals surface area contributed by atoms with Crippen LogP contribution in [0.15, 0.2) is 42.5 Å². The van der Waals surface area contributed by atoms with Gasteiger partial charge in [0, 0.05) is 5.02 Å². The highest BCUT2D eigenvalue weighted by Crippen LogP contribution is 2.32. The van der Waals surface area contributed by atoms with E-state index in [4.69, 9.17) is 28.9 Å². The number of para-hydroxylation sites is 1. The molecule has 3 N–H and O–H groups in total. The molecular formula is C17H17Cl2N3O4S. The van der Waals surface area contributed by atoms with Gasteiger partial charge in [0.25, 0.3) is 5.91 Å². The quantitative estimate of drug-likeness (QED) is 0.734. The molecular weight excluding hydrogens is 413 g/mol. The largest absolute Gasteiger partial charge is 0.366 e. The minimum atomic E-state index is -3.88. The van der Waals surface area contributed by atoms with Crippen molar-refractivity contribution in [3.63, 3.8) is 0 Å². The van der Waals surface area contributed by atoms with Gasteiger partial charge in [0.05, 0.1) is 28.2 Å². The number of sulfonamides is 1. The Balaban J connectivity index is 2.42. The summed E-state index contributed by atoms with van der Waals surface area (Å²) in [6.45, 7) is 1.39. The van der Waals surface area contributed by atoms with Gasteiger partial charge in [0.2, 0.25) is 15.9 Å². The molecule has 0 bridgehead atoms. The van der Waals surface area contributed by atoms with Gasteiger partial charge in [-0.05, 0) is 37.3 Å². The number of hydrogen-bond donors (Lipinski definition) is 2. The normalized spacial score (nSPS) is 12.3. The van der Waals surface area contributed by atoms with Crippen LogP contribution in [0.3, 0.4) is 0 Å². The average Bonchev–Trinajstić information content (AvgIpc) is 2.57. The molecule has 0 radical (unpaired) electrons. The van der Waals surface area contributed by atoms with E-state index in [9.17, 15) is 18.0 Å². The molecule has 27 heavy (non-hydrogen) atoms. The highest BCUT2D eigenvalue weighted by Gasteiger charge is 2.31. The number of halogens is 2. The lowest BCUT2D eigenvalue weighted by Crippen LogP contribution is -2.45. The lowest BCUT2D eigenvalue weighted by atomic mass is 10.1. The fraction of sp³-hybridized carbons (Fsp3) is 0.176. The van der Waals surface area contributed by atoms with Crippen LogP contribution in [-0.2, 0) is 14.8 Å². The Labute approximate surface area is 167 Å². The predicted octanol–water partition coefficient (Wildman–Crippen LogP) is 2.89. The molecule has 0 aliphatic rings. The first-order valence-corrected chi connectivity index (χ1v) is 10.3. The van der Waals surface area contributed by atoms with E-state index >= 15 is 0 Å². The van der Waals surface area contributed by atoms with Crippen LogP contribution in [0, 0.1) is 0 Å². The Kier molecular flexibility index (Phi) is 6.35. The number of benzene rings is 2.